The van der Waals surface area contributed by atoms with Crippen LogP contribution in [-0.4, -0.2) is 67.1 Å². The fraction of sp³-hybridized carbons (Fsp3) is 0.571. The van der Waals surface area contributed by atoms with Gasteiger partial charge in [0.2, 0.25) is 0 Å². The molecule has 0 aliphatic carbocycles. The molecular formula is C28H36F3N3O5S. The maximum absolute atomic E-state index is 13.1. The largest absolute Gasteiger partial charge is 0.414 e. The molecule has 1 fully saturated rings. The molecular weight excluding hydrogens is 547 g/mol. The molecule has 3 heterocycles. The zero-order chi connectivity index (χ0) is 29.2. The molecule has 0 bridgehead atoms. The first-order valence-corrected chi connectivity index (χ1v) is 15.1. The number of pyridine rings is 1. The second kappa shape index (κ2) is 12.1. The van der Waals surface area contributed by atoms with E-state index in [1.54, 1.807) is 25.1 Å². The van der Waals surface area contributed by atoms with Gasteiger partial charge in [-0.05, 0) is 54.0 Å². The second-order valence-corrected chi connectivity index (χ2v) is 13.2. The summed E-state index contributed by atoms with van der Waals surface area (Å²) in [5.74, 6) is -0.294. The lowest BCUT2D eigenvalue weighted by atomic mass is 9.95. The van der Waals surface area contributed by atoms with Gasteiger partial charge in [-0.3, -0.25) is 14.7 Å². The van der Waals surface area contributed by atoms with Gasteiger partial charge >= 0.3 is 6.18 Å². The number of hydrogen-bond donors (Lipinski definition) is 2. The molecule has 4 rings (SSSR count). The first-order valence-electron chi connectivity index (χ1n) is 13.5. The van der Waals surface area contributed by atoms with Crippen molar-refractivity contribution >= 4 is 15.7 Å². The highest BCUT2D eigenvalue weighted by atomic mass is 32.2. The lowest BCUT2D eigenvalue weighted by molar-refractivity contribution is -0.236. The molecule has 220 valence electrons. The van der Waals surface area contributed by atoms with E-state index in [0.29, 0.717) is 30.6 Å². The molecule has 2 N–H and O–H groups in total. The Morgan fingerprint density at radius 1 is 1.23 bits per heavy atom. The number of hydrogen-bond acceptors (Lipinski definition) is 7. The molecule has 1 aromatic carbocycles. The third kappa shape index (κ3) is 6.67. The third-order valence-corrected chi connectivity index (χ3v) is 9.43. The number of fused-ring (bicyclic) bond motifs is 1. The van der Waals surface area contributed by atoms with Gasteiger partial charge in [-0.25, -0.2) is 8.42 Å². The predicted molar refractivity (Wildman–Crippen MR) is 142 cm³/mol. The van der Waals surface area contributed by atoms with Crippen LogP contribution in [0.4, 0.5) is 13.2 Å². The normalized spacial score (nSPS) is 22.8. The number of alkyl halides is 3. The SMILES string of the molecule is CCS(=O)(=O)c1ccc([C@H](CO)NC(=O)c2cnc3c(c2)CN(C[C@H]2CCC(C(F)(F)F)OC2)C3C(C)C)cc1. The first kappa shape index (κ1) is 30.4. The number of aliphatic hydroxyl groups is 1. The molecule has 2 aliphatic heterocycles. The number of carbonyl (C=O) groups excluding carboxylic acids is 1. The molecule has 0 radical (unpaired) electrons. The van der Waals surface area contributed by atoms with E-state index >= 15 is 0 Å². The van der Waals surface area contributed by atoms with Crippen molar-refractivity contribution in [1.82, 2.24) is 15.2 Å². The summed E-state index contributed by atoms with van der Waals surface area (Å²) < 4.78 is 68.2. The standard InChI is InChI=1S/C28H36F3N3O5S/c1-4-40(37,38)22-8-6-19(7-9-22)23(15-35)33-27(36)20-11-21-14-34(26(17(2)3)25(21)32-12-20)13-18-5-10-24(39-16-18)28(29,30)31/h6-9,11-12,17-18,23-24,26,35H,4-5,10,13-16H2,1-3H3,(H,33,36)/t18-,23+,24?,26?/m1/s1. The predicted octanol–water partition coefficient (Wildman–Crippen LogP) is 4.21. The number of rotatable bonds is 9. The number of halogens is 3. The topological polar surface area (TPSA) is 109 Å². The minimum Gasteiger partial charge on any atom is -0.394 e. The summed E-state index contributed by atoms with van der Waals surface area (Å²) >= 11 is 0. The van der Waals surface area contributed by atoms with Crippen LogP contribution in [0.15, 0.2) is 41.4 Å². The molecule has 2 aliphatic rings. The Balaban J connectivity index is 1.44. The van der Waals surface area contributed by atoms with Crippen LogP contribution < -0.4 is 5.32 Å². The van der Waals surface area contributed by atoms with Crippen LogP contribution in [0.25, 0.3) is 0 Å². The Morgan fingerprint density at radius 3 is 2.48 bits per heavy atom. The van der Waals surface area contributed by atoms with Crippen LogP contribution in [-0.2, 0) is 21.1 Å². The van der Waals surface area contributed by atoms with E-state index in [1.807, 2.05) is 0 Å². The third-order valence-electron chi connectivity index (χ3n) is 7.68. The van der Waals surface area contributed by atoms with Crippen LogP contribution in [0.2, 0.25) is 0 Å². The Labute approximate surface area is 232 Å². The van der Waals surface area contributed by atoms with Gasteiger partial charge in [0.15, 0.2) is 15.9 Å². The van der Waals surface area contributed by atoms with Crippen LogP contribution in [0.3, 0.4) is 0 Å². The Morgan fingerprint density at radius 2 is 1.93 bits per heavy atom. The Kier molecular flexibility index (Phi) is 9.23. The number of ether oxygens (including phenoxy) is 1. The van der Waals surface area contributed by atoms with E-state index in [0.717, 1.165) is 11.3 Å². The Bertz CT molecular complexity index is 1290. The van der Waals surface area contributed by atoms with Crippen LogP contribution in [0.1, 0.15) is 72.9 Å². The summed E-state index contributed by atoms with van der Waals surface area (Å²) in [4.78, 5) is 20.1. The lowest BCUT2D eigenvalue weighted by Crippen LogP contribution is -2.41. The molecule has 40 heavy (non-hydrogen) atoms. The van der Waals surface area contributed by atoms with Crippen molar-refractivity contribution in [1.29, 1.82) is 0 Å². The van der Waals surface area contributed by atoms with Gasteiger partial charge in [0.05, 0.1) is 47.2 Å². The summed E-state index contributed by atoms with van der Waals surface area (Å²) in [6.07, 6.45) is -4.17. The van der Waals surface area contributed by atoms with Crippen molar-refractivity contribution in [3.05, 3.63) is 58.9 Å². The van der Waals surface area contributed by atoms with E-state index in [2.05, 4.69) is 29.0 Å². The van der Waals surface area contributed by atoms with Crippen molar-refractivity contribution in [2.45, 2.75) is 69.4 Å². The van der Waals surface area contributed by atoms with Crippen molar-refractivity contribution in [3.63, 3.8) is 0 Å². The van der Waals surface area contributed by atoms with Crippen LogP contribution in [0.5, 0.6) is 0 Å². The smallest absolute Gasteiger partial charge is 0.394 e. The van der Waals surface area contributed by atoms with Gasteiger partial charge in [0.25, 0.3) is 5.91 Å². The molecule has 1 amide bonds. The zero-order valence-corrected chi connectivity index (χ0v) is 23.6. The minimum absolute atomic E-state index is 0.0269. The molecule has 1 saturated heterocycles. The molecule has 0 spiro atoms. The molecule has 1 aromatic heterocycles. The van der Waals surface area contributed by atoms with Gasteiger partial charge in [0, 0.05) is 19.3 Å². The maximum Gasteiger partial charge on any atom is 0.414 e. The molecule has 2 aromatic rings. The van der Waals surface area contributed by atoms with E-state index in [9.17, 15) is 31.5 Å². The Hall–Kier alpha value is -2.54. The summed E-state index contributed by atoms with van der Waals surface area (Å²) in [6.45, 7) is 6.45. The average Bonchev–Trinajstić information content (AvgIpc) is 3.28. The highest BCUT2D eigenvalue weighted by molar-refractivity contribution is 7.91. The molecule has 0 saturated carbocycles. The van der Waals surface area contributed by atoms with Crippen molar-refractivity contribution in [2.24, 2.45) is 11.8 Å². The lowest BCUT2D eigenvalue weighted by Gasteiger charge is -2.35. The van der Waals surface area contributed by atoms with Gasteiger partial charge in [0.1, 0.15) is 0 Å². The van der Waals surface area contributed by atoms with Crippen molar-refractivity contribution in [2.75, 3.05) is 25.5 Å². The fourth-order valence-corrected chi connectivity index (χ4v) is 6.42. The second-order valence-electron chi connectivity index (χ2n) is 10.9. The summed E-state index contributed by atoms with van der Waals surface area (Å²) in [5.41, 5.74) is 2.61. The average molecular weight is 584 g/mol. The monoisotopic (exact) mass is 583 g/mol. The quantitative estimate of drug-likeness (QED) is 0.455. The molecule has 12 heteroatoms. The van der Waals surface area contributed by atoms with E-state index < -0.39 is 34.1 Å². The number of aromatic nitrogens is 1. The summed E-state index contributed by atoms with van der Waals surface area (Å²) in [6, 6.07) is 7.06. The number of aliphatic hydroxyl groups excluding tert-OH is 1. The van der Waals surface area contributed by atoms with E-state index in [4.69, 9.17) is 4.74 Å². The fourth-order valence-electron chi connectivity index (χ4n) is 5.53. The van der Waals surface area contributed by atoms with Crippen LogP contribution >= 0.6 is 0 Å². The summed E-state index contributed by atoms with van der Waals surface area (Å²) in [5, 5.41) is 12.7. The number of benzene rings is 1. The number of amides is 1. The number of sulfone groups is 1. The van der Waals surface area contributed by atoms with Gasteiger partial charge < -0.3 is 15.2 Å². The zero-order valence-electron chi connectivity index (χ0n) is 22.8. The maximum atomic E-state index is 13.1. The van der Waals surface area contributed by atoms with E-state index in [-0.39, 0.29) is 48.2 Å². The minimum atomic E-state index is -4.34. The van der Waals surface area contributed by atoms with Gasteiger partial charge in [-0.15, -0.1) is 0 Å². The van der Waals surface area contributed by atoms with Gasteiger partial charge in [-0.2, -0.15) is 13.2 Å². The van der Waals surface area contributed by atoms with Gasteiger partial charge in [-0.1, -0.05) is 32.9 Å². The number of carbonyl (C=O) groups is 1. The van der Waals surface area contributed by atoms with Crippen molar-refractivity contribution in [3.8, 4) is 0 Å². The summed E-state index contributed by atoms with van der Waals surface area (Å²) in [7, 11) is -3.37. The number of nitrogens with one attached hydrogen (secondary N) is 1. The highest BCUT2D eigenvalue weighted by Crippen LogP contribution is 2.40. The van der Waals surface area contributed by atoms with E-state index in [1.165, 1.54) is 18.3 Å². The highest BCUT2D eigenvalue weighted by Gasteiger charge is 2.44. The van der Waals surface area contributed by atoms with Crippen LogP contribution in [0, 0.1) is 11.8 Å². The number of nitrogens with zero attached hydrogens (tertiary/aromatic N) is 2. The molecule has 2 unspecified atom stereocenters. The first-order chi connectivity index (χ1) is 18.8. The van der Waals surface area contributed by atoms with Crippen molar-refractivity contribution < 1.29 is 36.2 Å². The molecule has 4 atom stereocenters. The molecule has 8 nitrogen and oxygen atoms in total.